The highest BCUT2D eigenvalue weighted by molar-refractivity contribution is 6.35. The van der Waals surface area contributed by atoms with Gasteiger partial charge < -0.3 is 10.1 Å². The molecule has 1 heterocycles. The Morgan fingerprint density at radius 1 is 1.40 bits per heavy atom. The summed E-state index contributed by atoms with van der Waals surface area (Å²) in [6, 6.07) is 4.22. The summed E-state index contributed by atoms with van der Waals surface area (Å²) in [7, 11) is 0. The molecule has 0 bridgehead atoms. The Morgan fingerprint density at radius 2 is 2.13 bits per heavy atom. The average Bonchev–Trinajstić information content (AvgIpc) is 2.48. The van der Waals surface area contributed by atoms with Gasteiger partial charge >= 0.3 is 0 Å². The fourth-order valence-electron chi connectivity index (χ4n) is 1.79. The molecular formula is C11H13Cl2NO. The summed E-state index contributed by atoms with van der Waals surface area (Å²) in [5.74, 6) is 0.763. The molecular weight excluding hydrogens is 233 g/mol. The maximum Gasteiger partial charge on any atom is 0.142 e. The lowest BCUT2D eigenvalue weighted by Crippen LogP contribution is -2.28. The summed E-state index contributed by atoms with van der Waals surface area (Å²) in [4.78, 5) is 0. The number of hydrogen-bond donors (Lipinski definition) is 1. The largest absolute Gasteiger partial charge is 0.490 e. The van der Waals surface area contributed by atoms with Gasteiger partial charge in [0, 0.05) is 16.6 Å². The molecule has 0 saturated heterocycles. The Kier molecular flexibility index (Phi) is 3.10. The van der Waals surface area contributed by atoms with Gasteiger partial charge in [-0.1, -0.05) is 37.0 Å². The van der Waals surface area contributed by atoms with Crippen molar-refractivity contribution in [3.05, 3.63) is 27.7 Å². The van der Waals surface area contributed by atoms with Gasteiger partial charge in [-0.25, -0.2) is 0 Å². The van der Waals surface area contributed by atoms with E-state index in [1.807, 2.05) is 6.07 Å². The third-order valence-electron chi connectivity index (χ3n) is 2.34. The first kappa shape index (κ1) is 11.1. The van der Waals surface area contributed by atoms with Gasteiger partial charge in [-0.05, 0) is 12.1 Å². The number of nitrogens with one attached hydrogen (secondary N) is 1. The van der Waals surface area contributed by atoms with E-state index in [4.69, 9.17) is 27.9 Å². The van der Waals surface area contributed by atoms with Crippen molar-refractivity contribution in [3.8, 4) is 5.75 Å². The fourth-order valence-corrected chi connectivity index (χ4v) is 2.35. The van der Waals surface area contributed by atoms with Crippen molar-refractivity contribution in [2.24, 2.45) is 0 Å². The molecule has 15 heavy (non-hydrogen) atoms. The minimum Gasteiger partial charge on any atom is -0.490 e. The van der Waals surface area contributed by atoms with Crippen molar-refractivity contribution in [2.45, 2.75) is 25.9 Å². The zero-order valence-electron chi connectivity index (χ0n) is 8.68. The summed E-state index contributed by atoms with van der Waals surface area (Å²) < 4.78 is 5.54. The highest BCUT2D eigenvalue weighted by Crippen LogP contribution is 2.40. The molecule has 1 aromatic rings. The Bertz CT molecular complexity index is 379. The van der Waals surface area contributed by atoms with E-state index in [1.165, 1.54) is 0 Å². The second-order valence-electron chi connectivity index (χ2n) is 3.99. The van der Waals surface area contributed by atoms with Crippen LogP contribution in [0.15, 0.2) is 12.1 Å². The predicted octanol–water partition coefficient (Wildman–Crippen LogP) is 3.42. The Morgan fingerprint density at radius 3 is 2.80 bits per heavy atom. The zero-order chi connectivity index (χ0) is 11.0. The van der Waals surface area contributed by atoms with Gasteiger partial charge in [0.25, 0.3) is 0 Å². The van der Waals surface area contributed by atoms with Crippen molar-refractivity contribution in [1.29, 1.82) is 0 Å². The molecule has 0 fully saturated rings. The van der Waals surface area contributed by atoms with Crippen molar-refractivity contribution >= 4 is 23.2 Å². The molecule has 1 aliphatic heterocycles. The lowest BCUT2D eigenvalue weighted by Gasteiger charge is -2.14. The molecule has 4 heteroatoms. The second kappa shape index (κ2) is 4.20. The lowest BCUT2D eigenvalue weighted by atomic mass is 10.1. The summed E-state index contributed by atoms with van der Waals surface area (Å²) in [6.07, 6.45) is 0. The number of rotatable bonds is 2. The molecule has 1 atom stereocenters. The minimum absolute atomic E-state index is 0.191. The standard InChI is InChI=1S/C11H13Cl2NO/c1-6(2)14-10-5-15-11-8(10)3-7(12)4-9(11)13/h3-4,6,10,14H,5H2,1-2H3. The van der Waals surface area contributed by atoms with Gasteiger partial charge in [0.2, 0.25) is 0 Å². The van der Waals surface area contributed by atoms with Crippen LogP contribution in [0.5, 0.6) is 5.75 Å². The second-order valence-corrected chi connectivity index (χ2v) is 4.83. The third kappa shape index (κ3) is 2.22. The van der Waals surface area contributed by atoms with Crippen molar-refractivity contribution in [1.82, 2.24) is 5.32 Å². The van der Waals surface area contributed by atoms with Crippen molar-refractivity contribution < 1.29 is 4.74 Å². The molecule has 2 rings (SSSR count). The molecule has 1 aliphatic rings. The van der Waals surface area contributed by atoms with Gasteiger partial charge in [0.1, 0.15) is 12.4 Å². The molecule has 0 saturated carbocycles. The summed E-state index contributed by atoms with van der Waals surface area (Å²) in [5.41, 5.74) is 1.06. The van der Waals surface area contributed by atoms with Gasteiger partial charge in [-0.3, -0.25) is 0 Å². The van der Waals surface area contributed by atoms with E-state index >= 15 is 0 Å². The van der Waals surface area contributed by atoms with Gasteiger partial charge in [-0.2, -0.15) is 0 Å². The summed E-state index contributed by atoms with van der Waals surface area (Å²) >= 11 is 12.0. The normalized spacial score (nSPS) is 19.1. The smallest absolute Gasteiger partial charge is 0.142 e. The minimum atomic E-state index is 0.191. The van der Waals surface area contributed by atoms with Crippen LogP contribution in [0.3, 0.4) is 0 Å². The summed E-state index contributed by atoms with van der Waals surface area (Å²) in [5, 5.41) is 4.65. The summed E-state index contributed by atoms with van der Waals surface area (Å²) in [6.45, 7) is 4.82. The first-order valence-electron chi connectivity index (χ1n) is 4.95. The van der Waals surface area contributed by atoms with E-state index in [0.29, 0.717) is 22.7 Å². The van der Waals surface area contributed by atoms with Crippen LogP contribution < -0.4 is 10.1 Å². The van der Waals surface area contributed by atoms with Crippen molar-refractivity contribution in [2.75, 3.05) is 6.61 Å². The third-order valence-corrected chi connectivity index (χ3v) is 2.84. The number of benzene rings is 1. The van der Waals surface area contributed by atoms with E-state index in [-0.39, 0.29) is 6.04 Å². The van der Waals surface area contributed by atoms with E-state index in [9.17, 15) is 0 Å². The molecule has 1 N–H and O–H groups in total. The quantitative estimate of drug-likeness (QED) is 0.863. The van der Waals surface area contributed by atoms with Crippen LogP contribution in [0.1, 0.15) is 25.5 Å². The predicted molar refractivity (Wildman–Crippen MR) is 63.0 cm³/mol. The maximum absolute atomic E-state index is 6.04. The molecule has 0 aliphatic carbocycles. The number of fused-ring (bicyclic) bond motifs is 1. The van der Waals surface area contributed by atoms with Crippen LogP contribution in [0.4, 0.5) is 0 Å². The zero-order valence-corrected chi connectivity index (χ0v) is 10.2. The van der Waals surface area contributed by atoms with Gasteiger partial charge in [0.05, 0.1) is 11.1 Å². The average molecular weight is 246 g/mol. The molecule has 2 nitrogen and oxygen atoms in total. The van der Waals surface area contributed by atoms with E-state index in [2.05, 4.69) is 19.2 Å². The lowest BCUT2D eigenvalue weighted by molar-refractivity contribution is 0.303. The molecule has 1 aromatic carbocycles. The SMILES string of the molecule is CC(C)NC1COc2c(Cl)cc(Cl)cc21. The molecule has 0 amide bonds. The van der Waals surface area contributed by atoms with E-state index in [1.54, 1.807) is 6.07 Å². The van der Waals surface area contributed by atoms with E-state index in [0.717, 1.165) is 11.3 Å². The van der Waals surface area contributed by atoms with Crippen LogP contribution >= 0.6 is 23.2 Å². The topological polar surface area (TPSA) is 21.3 Å². The Hall–Kier alpha value is -0.440. The monoisotopic (exact) mass is 245 g/mol. The van der Waals surface area contributed by atoms with Gasteiger partial charge in [-0.15, -0.1) is 0 Å². The van der Waals surface area contributed by atoms with Crippen LogP contribution in [-0.4, -0.2) is 12.6 Å². The fraction of sp³-hybridized carbons (Fsp3) is 0.455. The molecule has 0 aromatic heterocycles. The first-order chi connectivity index (χ1) is 7.08. The molecule has 82 valence electrons. The van der Waals surface area contributed by atoms with E-state index < -0.39 is 0 Å². The highest BCUT2D eigenvalue weighted by atomic mass is 35.5. The number of ether oxygens (including phenoxy) is 1. The number of halogens is 2. The van der Waals surface area contributed by atoms with Crippen LogP contribution in [0.25, 0.3) is 0 Å². The van der Waals surface area contributed by atoms with Crippen LogP contribution in [-0.2, 0) is 0 Å². The highest BCUT2D eigenvalue weighted by Gasteiger charge is 2.26. The number of hydrogen-bond acceptors (Lipinski definition) is 2. The van der Waals surface area contributed by atoms with Crippen LogP contribution in [0, 0.1) is 0 Å². The van der Waals surface area contributed by atoms with Gasteiger partial charge in [0.15, 0.2) is 0 Å². The Balaban J connectivity index is 2.33. The first-order valence-corrected chi connectivity index (χ1v) is 5.71. The van der Waals surface area contributed by atoms with Crippen molar-refractivity contribution in [3.63, 3.8) is 0 Å². The Labute approximate surface area is 99.5 Å². The molecule has 0 radical (unpaired) electrons. The van der Waals surface area contributed by atoms with Crippen LogP contribution in [0.2, 0.25) is 10.0 Å². The maximum atomic E-state index is 6.04. The molecule has 0 spiro atoms. The molecule has 1 unspecified atom stereocenters.